The molecular formula is C25H28BrN3O9. The minimum absolute atomic E-state index is 0.0621. The highest BCUT2D eigenvalue weighted by atomic mass is 79.9. The summed E-state index contributed by atoms with van der Waals surface area (Å²) in [6, 6.07) is 1.49. The number of hydrogen-bond acceptors (Lipinski definition) is 10. The largest absolute Gasteiger partial charge is 0.508 e. The fourth-order valence-corrected chi connectivity index (χ4v) is 6.06. The van der Waals surface area contributed by atoms with Gasteiger partial charge in [0.2, 0.25) is 11.7 Å². The first-order valence-corrected chi connectivity index (χ1v) is 12.6. The minimum Gasteiger partial charge on any atom is -0.508 e. The van der Waals surface area contributed by atoms with Crippen molar-refractivity contribution >= 4 is 50.8 Å². The van der Waals surface area contributed by atoms with Gasteiger partial charge in [0.1, 0.15) is 22.8 Å². The number of hydrogen-bond donors (Lipinski definition) is 7. The topological polar surface area (TPSA) is 211 Å². The molecule has 0 heterocycles. The number of halogens is 1. The average Bonchev–Trinajstić information content (AvgIpc) is 2.82. The van der Waals surface area contributed by atoms with E-state index in [4.69, 9.17) is 5.73 Å². The van der Waals surface area contributed by atoms with Gasteiger partial charge in [0.25, 0.3) is 5.91 Å². The summed E-state index contributed by atoms with van der Waals surface area (Å²) in [5.41, 5.74) is 0.879. The number of phenols is 1. The van der Waals surface area contributed by atoms with Gasteiger partial charge in [-0.1, -0.05) is 28.9 Å². The summed E-state index contributed by atoms with van der Waals surface area (Å²) in [5, 5.41) is 58.9. The zero-order chi connectivity index (χ0) is 28.6. The lowest BCUT2D eigenvalue weighted by molar-refractivity contribution is -0.169. The number of alkyl halides is 1. The van der Waals surface area contributed by atoms with Crippen LogP contribution in [0.3, 0.4) is 0 Å². The maximum Gasteiger partial charge on any atom is 0.255 e. The Labute approximate surface area is 225 Å². The monoisotopic (exact) mass is 593 g/mol. The van der Waals surface area contributed by atoms with Gasteiger partial charge in [0, 0.05) is 11.5 Å². The molecule has 13 heteroatoms. The molecule has 3 aliphatic carbocycles. The molecule has 3 aliphatic rings. The van der Waals surface area contributed by atoms with Gasteiger partial charge in [0.15, 0.2) is 11.4 Å². The van der Waals surface area contributed by atoms with Crippen molar-refractivity contribution in [2.75, 3.05) is 19.4 Å². The van der Waals surface area contributed by atoms with Crippen LogP contribution in [0.25, 0.3) is 5.76 Å². The van der Waals surface area contributed by atoms with Crippen LogP contribution in [0.1, 0.15) is 30.9 Å². The summed E-state index contributed by atoms with van der Waals surface area (Å²) in [5.74, 6) is -10.3. The molecule has 2 amide bonds. The van der Waals surface area contributed by atoms with Crippen LogP contribution in [0.4, 0.5) is 5.69 Å². The van der Waals surface area contributed by atoms with E-state index >= 15 is 0 Å². The Morgan fingerprint density at radius 1 is 1.18 bits per heavy atom. The predicted molar refractivity (Wildman–Crippen MR) is 137 cm³/mol. The molecule has 1 fully saturated rings. The number of rotatable bonds is 4. The summed E-state index contributed by atoms with van der Waals surface area (Å²) < 4.78 is 0. The van der Waals surface area contributed by atoms with E-state index in [1.54, 1.807) is 13.8 Å². The molecule has 204 valence electrons. The number of ketones is 2. The van der Waals surface area contributed by atoms with Gasteiger partial charge in [0.05, 0.1) is 34.1 Å². The van der Waals surface area contributed by atoms with E-state index in [0.717, 1.165) is 0 Å². The van der Waals surface area contributed by atoms with Crippen LogP contribution in [0.5, 0.6) is 5.75 Å². The standard InChI is InChI=1S/C25H28BrN3O9/c1-7-9-5-6-10(28-24(37)8(2)26)17(30)12(9)18(31)13-11(7)19(32)15-16(29(3)4)20(33)14(23(27)36)22(35)25(15,38)21(13)34/h5-8,11,15-16,19,30-32,35,38H,1-4H3,(H2,27,36)(H,28,37)/t7?,8?,11?,15?,16-,19?,25?/m0/s1. The lowest BCUT2D eigenvalue weighted by atomic mass is 9.54. The molecule has 0 aliphatic heterocycles. The molecule has 0 saturated heterocycles. The second-order valence-electron chi connectivity index (χ2n) is 10.1. The van der Waals surface area contributed by atoms with Crippen LogP contribution in [-0.2, 0) is 19.2 Å². The van der Waals surface area contributed by atoms with E-state index < -0.39 is 92.1 Å². The molecule has 1 aromatic rings. The van der Waals surface area contributed by atoms with Crippen molar-refractivity contribution in [3.63, 3.8) is 0 Å². The molecule has 12 nitrogen and oxygen atoms in total. The smallest absolute Gasteiger partial charge is 0.255 e. The Kier molecular flexibility index (Phi) is 6.71. The van der Waals surface area contributed by atoms with Gasteiger partial charge < -0.3 is 36.6 Å². The summed E-state index contributed by atoms with van der Waals surface area (Å²) in [6.07, 6.45) is -1.68. The quantitative estimate of drug-likeness (QED) is 0.143. The van der Waals surface area contributed by atoms with Crippen molar-refractivity contribution < 1.29 is 44.7 Å². The molecule has 0 radical (unpaired) electrons. The Balaban J connectivity index is 1.99. The van der Waals surface area contributed by atoms with Gasteiger partial charge >= 0.3 is 0 Å². The molecule has 1 saturated carbocycles. The molecule has 1 aromatic carbocycles. The molecule has 8 N–H and O–H groups in total. The van der Waals surface area contributed by atoms with Crippen LogP contribution in [0, 0.1) is 11.8 Å². The van der Waals surface area contributed by atoms with Crippen molar-refractivity contribution in [1.29, 1.82) is 0 Å². The highest BCUT2D eigenvalue weighted by Crippen LogP contribution is 2.56. The van der Waals surface area contributed by atoms with Crippen LogP contribution in [0.15, 0.2) is 29.0 Å². The number of nitrogens with one attached hydrogen (secondary N) is 1. The zero-order valence-corrected chi connectivity index (χ0v) is 22.5. The van der Waals surface area contributed by atoms with E-state index in [1.165, 1.54) is 31.1 Å². The number of fused-ring (bicyclic) bond motifs is 3. The summed E-state index contributed by atoms with van der Waals surface area (Å²) in [7, 11) is 2.87. The molecule has 0 aromatic heterocycles. The zero-order valence-electron chi connectivity index (χ0n) is 20.9. The number of aromatic hydroxyl groups is 1. The number of carbonyl (C=O) groups is 4. The lowest BCUT2D eigenvalue weighted by Crippen LogP contribution is -2.70. The first kappa shape index (κ1) is 27.8. The number of amides is 2. The summed E-state index contributed by atoms with van der Waals surface area (Å²) >= 11 is 3.12. The van der Waals surface area contributed by atoms with Gasteiger partial charge in [-0.3, -0.25) is 24.1 Å². The summed E-state index contributed by atoms with van der Waals surface area (Å²) in [4.78, 5) is 52.0. The molecule has 0 spiro atoms. The van der Waals surface area contributed by atoms with Crippen molar-refractivity contribution in [3.05, 3.63) is 40.2 Å². The normalized spacial score (nSPS) is 31.5. The number of benzene rings is 1. The van der Waals surface area contributed by atoms with E-state index in [-0.39, 0.29) is 11.3 Å². The maximum atomic E-state index is 13.9. The van der Waals surface area contributed by atoms with E-state index in [1.807, 2.05) is 0 Å². The van der Waals surface area contributed by atoms with Crippen molar-refractivity contribution in [1.82, 2.24) is 4.90 Å². The van der Waals surface area contributed by atoms with Crippen LogP contribution >= 0.6 is 15.9 Å². The molecule has 6 unspecified atom stereocenters. The van der Waals surface area contributed by atoms with Gasteiger partial charge in [-0.05, 0) is 38.6 Å². The highest BCUT2D eigenvalue weighted by Gasteiger charge is 2.68. The third kappa shape index (κ3) is 3.60. The second kappa shape index (κ2) is 9.19. The van der Waals surface area contributed by atoms with E-state index in [9.17, 15) is 44.7 Å². The average molecular weight is 594 g/mol. The number of nitrogens with zero attached hydrogens (tertiary/aromatic N) is 1. The Morgan fingerprint density at radius 3 is 2.32 bits per heavy atom. The number of anilines is 1. The maximum absolute atomic E-state index is 13.9. The number of Topliss-reactive ketones (excluding diaryl/α,β-unsaturated/α-hetero) is 2. The lowest BCUT2D eigenvalue weighted by Gasteiger charge is -2.53. The minimum atomic E-state index is -2.99. The molecule has 7 atom stereocenters. The van der Waals surface area contributed by atoms with Gasteiger partial charge in [-0.25, -0.2) is 0 Å². The fourth-order valence-electron chi connectivity index (χ4n) is 5.95. The predicted octanol–water partition coefficient (Wildman–Crippen LogP) is 0.218. The third-order valence-electron chi connectivity index (χ3n) is 7.75. The molecular weight excluding hydrogens is 566 g/mol. The Hall–Kier alpha value is -3.26. The van der Waals surface area contributed by atoms with Crippen LogP contribution in [0.2, 0.25) is 0 Å². The molecule has 0 bridgehead atoms. The third-order valence-corrected chi connectivity index (χ3v) is 8.16. The first-order chi connectivity index (χ1) is 17.6. The van der Waals surface area contributed by atoms with E-state index in [0.29, 0.717) is 5.56 Å². The van der Waals surface area contributed by atoms with E-state index in [2.05, 4.69) is 21.2 Å². The van der Waals surface area contributed by atoms with Crippen molar-refractivity contribution in [2.24, 2.45) is 17.6 Å². The van der Waals surface area contributed by atoms with Crippen LogP contribution < -0.4 is 11.1 Å². The first-order valence-electron chi connectivity index (χ1n) is 11.7. The van der Waals surface area contributed by atoms with Crippen LogP contribution in [-0.4, -0.2) is 90.5 Å². The number of likely N-dealkylation sites (N-methyl/N-ethyl adjacent to an activating group) is 1. The number of aliphatic hydroxyl groups is 4. The molecule has 38 heavy (non-hydrogen) atoms. The summed E-state index contributed by atoms with van der Waals surface area (Å²) in [6.45, 7) is 3.18. The molecule has 4 rings (SSSR count). The number of primary amides is 1. The number of nitrogens with two attached hydrogens (primary N) is 1. The number of carbonyl (C=O) groups excluding carboxylic acids is 4. The van der Waals surface area contributed by atoms with Gasteiger partial charge in [-0.15, -0.1) is 0 Å². The van der Waals surface area contributed by atoms with Gasteiger partial charge in [-0.2, -0.15) is 0 Å². The second-order valence-corrected chi connectivity index (χ2v) is 11.5. The SMILES string of the molecule is CC(Br)C(=O)Nc1ccc2c(c1O)C(O)=C1C(=O)C3(O)C(O)=C(C(N)=O)C(=O)[C@@H](N(C)C)C3C(O)C1C2C. The van der Waals surface area contributed by atoms with Crippen molar-refractivity contribution in [2.45, 2.75) is 42.3 Å². The fraction of sp³-hybridized carbons (Fsp3) is 0.440. The Morgan fingerprint density at radius 2 is 1.79 bits per heavy atom. The number of aliphatic hydroxyl groups excluding tert-OH is 3. The number of phenolic OH excluding ortho intramolecular Hbond substituents is 1. The highest BCUT2D eigenvalue weighted by molar-refractivity contribution is 9.10. The van der Waals surface area contributed by atoms with Crippen molar-refractivity contribution in [3.8, 4) is 5.75 Å². The Bertz CT molecular complexity index is 1350.